The van der Waals surface area contributed by atoms with Crippen LogP contribution in [0.3, 0.4) is 0 Å². The van der Waals surface area contributed by atoms with E-state index in [2.05, 4.69) is 4.98 Å². The molecule has 0 bridgehead atoms. The standard InChI is InChI=1S/C17H13F2N3O4S/c1-9-5-13(23)22-17(10(9)6-20)27-8-15(25)26-7-14(24)21-16-11(18)3-2-4-12(16)19/h2-5H,7-8H2,1H3,(H,21,24)(H,22,23). The largest absolute Gasteiger partial charge is 0.455 e. The van der Waals surface area contributed by atoms with Crippen molar-refractivity contribution in [2.75, 3.05) is 17.7 Å². The molecule has 140 valence electrons. The minimum Gasteiger partial charge on any atom is -0.455 e. The number of anilines is 1. The highest BCUT2D eigenvalue weighted by Crippen LogP contribution is 2.21. The Morgan fingerprint density at radius 2 is 2.00 bits per heavy atom. The van der Waals surface area contributed by atoms with Crippen molar-refractivity contribution in [3.05, 3.63) is 57.4 Å². The van der Waals surface area contributed by atoms with Crippen molar-refractivity contribution in [1.29, 1.82) is 5.26 Å². The average molecular weight is 393 g/mol. The maximum Gasteiger partial charge on any atom is 0.316 e. The van der Waals surface area contributed by atoms with Gasteiger partial charge in [0.2, 0.25) is 5.56 Å². The van der Waals surface area contributed by atoms with Gasteiger partial charge in [-0.25, -0.2) is 8.78 Å². The van der Waals surface area contributed by atoms with Crippen LogP contribution >= 0.6 is 11.8 Å². The van der Waals surface area contributed by atoms with Crippen molar-refractivity contribution >= 4 is 29.3 Å². The van der Waals surface area contributed by atoms with Gasteiger partial charge in [0.25, 0.3) is 5.91 Å². The third-order valence-corrected chi connectivity index (χ3v) is 4.22. The van der Waals surface area contributed by atoms with E-state index in [4.69, 9.17) is 10.00 Å². The molecule has 0 saturated heterocycles. The van der Waals surface area contributed by atoms with Gasteiger partial charge in [-0.1, -0.05) is 17.8 Å². The van der Waals surface area contributed by atoms with Crippen LogP contribution in [-0.2, 0) is 14.3 Å². The van der Waals surface area contributed by atoms with E-state index in [1.54, 1.807) is 6.92 Å². The van der Waals surface area contributed by atoms with E-state index in [0.29, 0.717) is 5.56 Å². The minimum atomic E-state index is -0.960. The second kappa shape index (κ2) is 8.95. The predicted octanol–water partition coefficient (Wildman–Crippen LogP) is 2.11. The molecule has 2 N–H and O–H groups in total. The summed E-state index contributed by atoms with van der Waals surface area (Å²) in [5.74, 6) is -3.93. The Morgan fingerprint density at radius 3 is 2.63 bits per heavy atom. The number of amides is 1. The van der Waals surface area contributed by atoms with Crippen LogP contribution in [0, 0.1) is 29.9 Å². The number of halogens is 2. The first-order valence-corrected chi connectivity index (χ1v) is 8.46. The monoisotopic (exact) mass is 393 g/mol. The maximum absolute atomic E-state index is 13.4. The number of para-hydroxylation sites is 1. The fraction of sp³-hybridized carbons (Fsp3) is 0.176. The second-order valence-corrected chi connectivity index (χ2v) is 6.21. The first-order chi connectivity index (χ1) is 12.8. The molecule has 0 saturated carbocycles. The van der Waals surface area contributed by atoms with Crippen molar-refractivity contribution in [3.63, 3.8) is 0 Å². The molecule has 0 radical (unpaired) electrons. The van der Waals surface area contributed by atoms with Gasteiger partial charge < -0.3 is 15.0 Å². The van der Waals surface area contributed by atoms with Gasteiger partial charge in [-0.15, -0.1) is 0 Å². The van der Waals surface area contributed by atoms with Crippen molar-refractivity contribution in [3.8, 4) is 6.07 Å². The molecule has 0 aliphatic heterocycles. The summed E-state index contributed by atoms with van der Waals surface area (Å²) < 4.78 is 31.6. The number of thioether (sulfide) groups is 1. The Hall–Kier alpha value is -3.19. The van der Waals surface area contributed by atoms with E-state index in [-0.39, 0.29) is 16.3 Å². The molecule has 0 aliphatic rings. The number of carbonyl (C=O) groups excluding carboxylic acids is 2. The molecular weight excluding hydrogens is 380 g/mol. The lowest BCUT2D eigenvalue weighted by atomic mass is 10.2. The number of benzene rings is 1. The first-order valence-electron chi connectivity index (χ1n) is 7.48. The van der Waals surface area contributed by atoms with Crippen LogP contribution < -0.4 is 10.9 Å². The van der Waals surface area contributed by atoms with Gasteiger partial charge in [0.15, 0.2) is 6.61 Å². The van der Waals surface area contributed by atoms with Crippen LogP contribution in [0.15, 0.2) is 34.1 Å². The predicted molar refractivity (Wildman–Crippen MR) is 93.2 cm³/mol. The molecule has 0 spiro atoms. The minimum absolute atomic E-state index is 0.206. The van der Waals surface area contributed by atoms with Crippen LogP contribution in [0.25, 0.3) is 0 Å². The Balaban J connectivity index is 1.89. The van der Waals surface area contributed by atoms with E-state index < -0.39 is 41.4 Å². The molecule has 2 aromatic rings. The number of hydrogen-bond acceptors (Lipinski definition) is 6. The summed E-state index contributed by atoms with van der Waals surface area (Å²) >= 11 is 0.864. The first kappa shape index (κ1) is 20.1. The topological polar surface area (TPSA) is 112 Å². The lowest BCUT2D eigenvalue weighted by Gasteiger charge is -2.09. The van der Waals surface area contributed by atoms with E-state index in [9.17, 15) is 23.2 Å². The number of nitrogens with zero attached hydrogens (tertiary/aromatic N) is 1. The highest BCUT2D eigenvalue weighted by atomic mass is 32.2. The molecule has 10 heteroatoms. The number of esters is 1. The Bertz CT molecular complexity index is 965. The number of rotatable bonds is 6. The zero-order valence-corrected chi connectivity index (χ0v) is 14.8. The molecule has 27 heavy (non-hydrogen) atoms. The van der Waals surface area contributed by atoms with Crippen molar-refractivity contribution in [1.82, 2.24) is 4.98 Å². The zero-order valence-electron chi connectivity index (χ0n) is 14.0. The molecule has 0 fully saturated rings. The van der Waals surface area contributed by atoms with Gasteiger partial charge in [0.05, 0.1) is 16.3 Å². The van der Waals surface area contributed by atoms with Crippen molar-refractivity contribution in [2.45, 2.75) is 11.9 Å². The molecule has 1 aromatic carbocycles. The number of aryl methyl sites for hydroxylation is 1. The van der Waals surface area contributed by atoms with E-state index in [0.717, 1.165) is 30.0 Å². The van der Waals surface area contributed by atoms with Crippen molar-refractivity contribution in [2.24, 2.45) is 0 Å². The normalized spacial score (nSPS) is 10.1. The number of nitriles is 1. The van der Waals surface area contributed by atoms with Gasteiger partial charge in [-0.3, -0.25) is 14.4 Å². The van der Waals surface area contributed by atoms with E-state index >= 15 is 0 Å². The summed E-state index contributed by atoms with van der Waals surface area (Å²) in [6.07, 6.45) is 0. The summed E-state index contributed by atoms with van der Waals surface area (Å²) in [5, 5.41) is 11.3. The Kier molecular flexibility index (Phi) is 6.67. The molecule has 0 unspecified atom stereocenters. The average Bonchev–Trinajstić information content (AvgIpc) is 2.61. The van der Waals surface area contributed by atoms with Gasteiger partial charge >= 0.3 is 5.97 Å². The second-order valence-electron chi connectivity index (χ2n) is 5.23. The summed E-state index contributed by atoms with van der Waals surface area (Å²) in [6, 6.07) is 6.26. The smallest absolute Gasteiger partial charge is 0.316 e. The number of aromatic amines is 1. The van der Waals surface area contributed by atoms with Gasteiger partial charge in [0, 0.05) is 6.07 Å². The Morgan fingerprint density at radius 1 is 1.33 bits per heavy atom. The molecule has 0 atom stereocenters. The lowest BCUT2D eigenvalue weighted by molar-refractivity contribution is -0.144. The van der Waals surface area contributed by atoms with E-state index in [1.807, 2.05) is 11.4 Å². The van der Waals surface area contributed by atoms with Crippen LogP contribution in [0.5, 0.6) is 0 Å². The molecular formula is C17H13F2N3O4S. The quantitative estimate of drug-likeness (QED) is 0.574. The number of hydrogen-bond donors (Lipinski definition) is 2. The third-order valence-electron chi connectivity index (χ3n) is 3.24. The number of nitrogens with one attached hydrogen (secondary N) is 2. The summed E-state index contributed by atoms with van der Waals surface area (Å²) in [6.45, 7) is 0.838. The number of ether oxygens (including phenoxy) is 1. The molecule has 1 heterocycles. The Labute approximate surface area is 156 Å². The fourth-order valence-electron chi connectivity index (χ4n) is 2.02. The number of H-pyrrole nitrogens is 1. The third kappa shape index (κ3) is 5.39. The molecule has 0 aliphatic carbocycles. The van der Waals surface area contributed by atoms with Crippen LogP contribution in [0.4, 0.5) is 14.5 Å². The number of pyridine rings is 1. The zero-order chi connectivity index (χ0) is 20.0. The SMILES string of the molecule is Cc1cc(=O)[nH]c(SCC(=O)OCC(=O)Nc2c(F)cccc2F)c1C#N. The van der Waals surface area contributed by atoms with Crippen LogP contribution in [0.2, 0.25) is 0 Å². The molecule has 1 aromatic heterocycles. The van der Waals surface area contributed by atoms with E-state index in [1.165, 1.54) is 6.07 Å². The molecule has 1 amide bonds. The van der Waals surface area contributed by atoms with Gasteiger partial charge in [-0.2, -0.15) is 5.26 Å². The molecule has 2 rings (SSSR count). The molecule has 7 nitrogen and oxygen atoms in total. The summed E-state index contributed by atoms with van der Waals surface area (Å²) in [5.41, 5.74) is -0.374. The van der Waals surface area contributed by atoms with Crippen molar-refractivity contribution < 1.29 is 23.1 Å². The van der Waals surface area contributed by atoms with Crippen LogP contribution in [-0.4, -0.2) is 29.2 Å². The van der Waals surface area contributed by atoms with Gasteiger partial charge in [-0.05, 0) is 24.6 Å². The maximum atomic E-state index is 13.4. The highest BCUT2D eigenvalue weighted by molar-refractivity contribution is 7.99. The summed E-state index contributed by atoms with van der Waals surface area (Å²) in [4.78, 5) is 37.3. The lowest BCUT2D eigenvalue weighted by Crippen LogP contribution is -2.22. The summed E-state index contributed by atoms with van der Waals surface area (Å²) in [7, 11) is 0. The fourth-order valence-corrected chi connectivity index (χ4v) is 2.89. The van der Waals surface area contributed by atoms with Crippen LogP contribution in [0.1, 0.15) is 11.1 Å². The number of carbonyl (C=O) groups is 2. The number of aromatic nitrogens is 1. The highest BCUT2D eigenvalue weighted by Gasteiger charge is 2.15. The van der Waals surface area contributed by atoms with Gasteiger partial charge in [0.1, 0.15) is 23.4 Å².